The molecule has 1 aliphatic rings. The van der Waals surface area contributed by atoms with Gasteiger partial charge < -0.3 is 9.42 Å². The number of amides is 1. The number of piperazine rings is 1. The molecule has 1 fully saturated rings. The second-order valence-electron chi connectivity index (χ2n) is 7.65. The quantitative estimate of drug-likeness (QED) is 0.476. The minimum atomic E-state index is -4.45. The van der Waals surface area contributed by atoms with Gasteiger partial charge in [-0.25, -0.2) is 0 Å². The van der Waals surface area contributed by atoms with Gasteiger partial charge in [-0.1, -0.05) is 23.4 Å². The predicted molar refractivity (Wildman–Crippen MR) is 114 cm³/mol. The van der Waals surface area contributed by atoms with Crippen LogP contribution in [0.2, 0.25) is 0 Å². The first-order chi connectivity index (χ1) is 15.8. The van der Waals surface area contributed by atoms with Crippen LogP contribution in [0.15, 0.2) is 46.3 Å². The lowest BCUT2D eigenvalue weighted by Gasteiger charge is -2.34. The molecule has 1 aliphatic heterocycles. The number of rotatable bonds is 7. The third kappa shape index (κ3) is 5.85. The lowest BCUT2D eigenvalue weighted by molar-refractivity contribution is -0.137. The van der Waals surface area contributed by atoms with Crippen LogP contribution in [-0.2, 0) is 17.5 Å². The first-order valence-corrected chi connectivity index (χ1v) is 11.2. The molecule has 11 heteroatoms. The Labute approximate surface area is 191 Å². The average Bonchev–Trinajstić information content (AvgIpc) is 3.50. The number of Topliss-reactive ketones (excluding diaryl/α,β-unsaturated/α-hetero) is 1. The first kappa shape index (κ1) is 23.1. The zero-order valence-corrected chi connectivity index (χ0v) is 18.4. The highest BCUT2D eigenvalue weighted by Crippen LogP contribution is 2.31. The number of carbonyl (C=O) groups is 2. The van der Waals surface area contributed by atoms with Crippen LogP contribution in [0.5, 0.6) is 0 Å². The summed E-state index contributed by atoms with van der Waals surface area (Å²) in [6.07, 6.45) is -4.07. The Kier molecular flexibility index (Phi) is 6.89. The van der Waals surface area contributed by atoms with Crippen molar-refractivity contribution in [2.24, 2.45) is 0 Å². The fourth-order valence-electron chi connectivity index (χ4n) is 3.56. The highest BCUT2D eigenvalue weighted by Gasteiger charge is 2.31. The zero-order chi connectivity index (χ0) is 23.4. The maximum absolute atomic E-state index is 12.9. The zero-order valence-electron chi connectivity index (χ0n) is 17.5. The standard InChI is InChI=1S/C22H21F3N4O3S/c23-22(24,25)16-4-1-3-15(13-16)21-26-19(32-27-21)14-28-8-10-29(11-9-28)20(31)7-6-17(30)18-5-2-12-33-18/h1-5,12-13H,6-11,14H2. The van der Waals surface area contributed by atoms with E-state index in [0.29, 0.717) is 43.5 Å². The first-order valence-electron chi connectivity index (χ1n) is 10.4. The van der Waals surface area contributed by atoms with E-state index in [1.807, 2.05) is 16.3 Å². The number of aromatic nitrogens is 2. The number of nitrogens with zero attached hydrogens (tertiary/aromatic N) is 4. The highest BCUT2D eigenvalue weighted by atomic mass is 32.1. The molecule has 0 radical (unpaired) electrons. The topological polar surface area (TPSA) is 79.5 Å². The van der Waals surface area contributed by atoms with Gasteiger partial charge >= 0.3 is 6.18 Å². The van der Waals surface area contributed by atoms with E-state index in [0.717, 1.165) is 12.1 Å². The Morgan fingerprint density at radius 2 is 1.85 bits per heavy atom. The van der Waals surface area contributed by atoms with E-state index in [2.05, 4.69) is 10.1 Å². The van der Waals surface area contributed by atoms with Gasteiger partial charge in [0, 0.05) is 44.6 Å². The van der Waals surface area contributed by atoms with Crippen LogP contribution < -0.4 is 0 Å². The summed E-state index contributed by atoms with van der Waals surface area (Å²) in [6, 6.07) is 8.35. The van der Waals surface area contributed by atoms with Gasteiger partial charge in [0.25, 0.3) is 0 Å². The smallest absolute Gasteiger partial charge is 0.340 e. The second kappa shape index (κ2) is 9.84. The average molecular weight is 478 g/mol. The summed E-state index contributed by atoms with van der Waals surface area (Å²) in [5.74, 6) is 0.318. The van der Waals surface area contributed by atoms with Gasteiger partial charge in [0.05, 0.1) is 17.0 Å². The third-order valence-electron chi connectivity index (χ3n) is 5.36. The minimum Gasteiger partial charge on any atom is -0.340 e. The molecule has 0 bridgehead atoms. The van der Waals surface area contributed by atoms with E-state index in [-0.39, 0.29) is 35.9 Å². The molecule has 0 saturated carbocycles. The summed E-state index contributed by atoms with van der Waals surface area (Å²) in [5.41, 5.74) is -0.545. The van der Waals surface area contributed by atoms with Crippen molar-refractivity contribution in [2.75, 3.05) is 26.2 Å². The molecular weight excluding hydrogens is 457 g/mol. The van der Waals surface area contributed by atoms with Crippen molar-refractivity contribution >= 4 is 23.0 Å². The lowest BCUT2D eigenvalue weighted by Crippen LogP contribution is -2.48. The molecule has 33 heavy (non-hydrogen) atoms. The van der Waals surface area contributed by atoms with Crippen LogP contribution in [0.4, 0.5) is 13.2 Å². The molecule has 0 spiro atoms. The van der Waals surface area contributed by atoms with Gasteiger partial charge in [0.1, 0.15) is 0 Å². The predicted octanol–water partition coefficient (Wildman–Crippen LogP) is 4.12. The molecule has 0 atom stereocenters. The van der Waals surface area contributed by atoms with Gasteiger partial charge in [-0.2, -0.15) is 18.2 Å². The molecule has 3 heterocycles. The van der Waals surface area contributed by atoms with Crippen molar-refractivity contribution in [3.8, 4) is 11.4 Å². The van der Waals surface area contributed by atoms with Gasteiger partial charge in [0.15, 0.2) is 5.78 Å². The van der Waals surface area contributed by atoms with E-state index >= 15 is 0 Å². The summed E-state index contributed by atoms with van der Waals surface area (Å²) >= 11 is 1.37. The van der Waals surface area contributed by atoms with Crippen LogP contribution in [0, 0.1) is 0 Å². The summed E-state index contributed by atoms with van der Waals surface area (Å²) in [4.78, 5) is 33.2. The van der Waals surface area contributed by atoms with Crippen LogP contribution >= 0.6 is 11.3 Å². The lowest BCUT2D eigenvalue weighted by atomic mass is 10.1. The molecule has 0 aliphatic carbocycles. The molecule has 4 rings (SSSR count). The Morgan fingerprint density at radius 1 is 1.06 bits per heavy atom. The van der Waals surface area contributed by atoms with Crippen molar-refractivity contribution in [1.29, 1.82) is 0 Å². The highest BCUT2D eigenvalue weighted by molar-refractivity contribution is 7.12. The van der Waals surface area contributed by atoms with Crippen molar-refractivity contribution in [1.82, 2.24) is 19.9 Å². The van der Waals surface area contributed by atoms with Crippen LogP contribution in [0.25, 0.3) is 11.4 Å². The molecule has 1 aromatic carbocycles. The maximum atomic E-state index is 12.9. The normalized spacial score (nSPS) is 15.1. The van der Waals surface area contributed by atoms with Crippen LogP contribution in [0.3, 0.4) is 0 Å². The maximum Gasteiger partial charge on any atom is 0.416 e. The second-order valence-corrected chi connectivity index (χ2v) is 8.60. The molecule has 0 N–H and O–H groups in total. The molecule has 1 amide bonds. The molecule has 2 aromatic heterocycles. The monoisotopic (exact) mass is 478 g/mol. The van der Waals surface area contributed by atoms with Gasteiger partial charge in [-0.05, 0) is 23.6 Å². The van der Waals surface area contributed by atoms with E-state index in [1.54, 1.807) is 11.0 Å². The summed E-state index contributed by atoms with van der Waals surface area (Å²) in [7, 11) is 0. The van der Waals surface area contributed by atoms with Crippen molar-refractivity contribution in [2.45, 2.75) is 25.6 Å². The Hall–Kier alpha value is -3.05. The van der Waals surface area contributed by atoms with E-state index in [4.69, 9.17) is 4.52 Å². The SMILES string of the molecule is O=C(CCC(=O)N1CCN(Cc2nc(-c3cccc(C(F)(F)F)c3)no2)CC1)c1cccs1. The van der Waals surface area contributed by atoms with Crippen molar-refractivity contribution in [3.05, 3.63) is 58.1 Å². The van der Waals surface area contributed by atoms with Crippen molar-refractivity contribution in [3.63, 3.8) is 0 Å². The summed E-state index contributed by atoms with van der Waals surface area (Å²) < 4.78 is 44.0. The molecule has 1 saturated heterocycles. The number of hydrogen-bond donors (Lipinski definition) is 0. The molecule has 174 valence electrons. The van der Waals surface area contributed by atoms with Crippen LogP contribution in [-0.4, -0.2) is 57.8 Å². The Morgan fingerprint density at radius 3 is 2.55 bits per heavy atom. The largest absolute Gasteiger partial charge is 0.416 e. The number of carbonyl (C=O) groups excluding carboxylic acids is 2. The van der Waals surface area contributed by atoms with Gasteiger partial charge in [-0.15, -0.1) is 11.3 Å². The molecule has 7 nitrogen and oxygen atoms in total. The van der Waals surface area contributed by atoms with E-state index < -0.39 is 11.7 Å². The number of alkyl halides is 3. The van der Waals surface area contributed by atoms with Gasteiger partial charge in [0.2, 0.25) is 17.6 Å². The summed E-state index contributed by atoms with van der Waals surface area (Å²) in [5, 5.41) is 5.64. The Balaban J connectivity index is 1.26. The number of thiophene rings is 1. The fraction of sp³-hybridized carbons (Fsp3) is 0.364. The number of benzene rings is 1. The Bertz CT molecular complexity index is 1110. The van der Waals surface area contributed by atoms with E-state index in [9.17, 15) is 22.8 Å². The molecule has 0 unspecified atom stereocenters. The number of hydrogen-bond acceptors (Lipinski definition) is 7. The number of ketones is 1. The minimum absolute atomic E-state index is 0.0232. The molecule has 3 aromatic rings. The fourth-order valence-corrected chi connectivity index (χ4v) is 4.25. The van der Waals surface area contributed by atoms with Crippen molar-refractivity contribution < 1.29 is 27.3 Å². The molecular formula is C22H21F3N4O3S. The van der Waals surface area contributed by atoms with E-state index in [1.165, 1.54) is 23.5 Å². The number of halogens is 3. The van der Waals surface area contributed by atoms with Crippen LogP contribution in [0.1, 0.15) is 34.0 Å². The third-order valence-corrected chi connectivity index (χ3v) is 6.27. The summed E-state index contributed by atoms with van der Waals surface area (Å²) in [6.45, 7) is 2.55. The van der Waals surface area contributed by atoms with Gasteiger partial charge in [-0.3, -0.25) is 14.5 Å².